The molecule has 102 valence electrons. The molecule has 0 spiro atoms. The Morgan fingerprint density at radius 1 is 1.32 bits per heavy atom. The fourth-order valence-electron chi connectivity index (χ4n) is 1.53. The molecule has 0 unspecified atom stereocenters. The van der Waals surface area contributed by atoms with Crippen LogP contribution in [-0.4, -0.2) is 15.0 Å². The third-order valence-electron chi connectivity index (χ3n) is 2.43. The van der Waals surface area contributed by atoms with Gasteiger partial charge in [0.15, 0.2) is 0 Å². The van der Waals surface area contributed by atoms with E-state index in [4.69, 9.17) is 0 Å². The molecule has 1 heterocycles. The summed E-state index contributed by atoms with van der Waals surface area (Å²) in [6.45, 7) is 0.312. The first-order valence-electron chi connectivity index (χ1n) is 5.46. The van der Waals surface area contributed by atoms with Crippen LogP contribution in [0.3, 0.4) is 0 Å². The van der Waals surface area contributed by atoms with Gasteiger partial charge in [-0.15, -0.1) is 11.3 Å². The van der Waals surface area contributed by atoms with E-state index in [2.05, 4.69) is 20.7 Å². The van der Waals surface area contributed by atoms with E-state index in [1.54, 1.807) is 11.3 Å². The number of hydrogen-bond donors (Lipinski definition) is 1. The van der Waals surface area contributed by atoms with Crippen molar-refractivity contribution in [3.05, 3.63) is 50.9 Å². The summed E-state index contributed by atoms with van der Waals surface area (Å²) >= 11 is 4.64. The van der Waals surface area contributed by atoms with Crippen molar-refractivity contribution in [1.29, 1.82) is 0 Å². The minimum atomic E-state index is -3.62. The molecule has 0 saturated carbocycles. The van der Waals surface area contributed by atoms with E-state index in [1.165, 1.54) is 6.07 Å². The first-order valence-corrected chi connectivity index (χ1v) is 8.62. The van der Waals surface area contributed by atoms with Gasteiger partial charge in [0.1, 0.15) is 5.82 Å². The van der Waals surface area contributed by atoms with Gasteiger partial charge in [-0.25, -0.2) is 17.5 Å². The fourth-order valence-corrected chi connectivity index (χ4v) is 4.32. The maximum absolute atomic E-state index is 12.9. The highest BCUT2D eigenvalue weighted by molar-refractivity contribution is 9.10. The summed E-state index contributed by atoms with van der Waals surface area (Å²) in [6.07, 6.45) is 0.635. The second-order valence-electron chi connectivity index (χ2n) is 3.80. The maximum Gasteiger partial charge on any atom is 0.241 e. The number of thiophene rings is 1. The van der Waals surface area contributed by atoms with E-state index < -0.39 is 15.8 Å². The third-order valence-corrected chi connectivity index (χ3v) is 5.80. The van der Waals surface area contributed by atoms with Crippen LogP contribution in [0.15, 0.2) is 45.1 Å². The molecule has 0 bridgehead atoms. The molecule has 2 rings (SSSR count). The third kappa shape index (κ3) is 3.85. The summed E-state index contributed by atoms with van der Waals surface area (Å²) in [4.78, 5) is 1.15. The Hall–Kier alpha value is -0.760. The molecule has 19 heavy (non-hydrogen) atoms. The van der Waals surface area contributed by atoms with Crippen LogP contribution < -0.4 is 4.72 Å². The van der Waals surface area contributed by atoms with E-state index in [9.17, 15) is 12.8 Å². The molecule has 0 amide bonds. The molecular formula is C12H11BrFNO2S2. The molecule has 1 N–H and O–H groups in total. The lowest BCUT2D eigenvalue weighted by Crippen LogP contribution is -2.26. The second kappa shape index (κ2) is 6.13. The molecule has 0 saturated heterocycles. The van der Waals surface area contributed by atoms with E-state index >= 15 is 0 Å². The molecule has 2 aromatic rings. The monoisotopic (exact) mass is 363 g/mol. The first kappa shape index (κ1) is 14.6. The standard InChI is InChI=1S/C12H11BrFNO2S2/c13-11-8-9(14)3-4-12(11)19(16,17)15-6-5-10-2-1-7-18-10/h1-4,7-8,15H,5-6H2. The molecule has 0 aliphatic carbocycles. The molecular weight excluding hydrogens is 353 g/mol. The highest BCUT2D eigenvalue weighted by Crippen LogP contribution is 2.22. The largest absolute Gasteiger partial charge is 0.241 e. The molecule has 0 aliphatic heterocycles. The van der Waals surface area contributed by atoms with Crippen LogP contribution in [-0.2, 0) is 16.4 Å². The Bertz CT molecular complexity index is 656. The Labute approximate surface area is 123 Å². The van der Waals surface area contributed by atoms with Crippen molar-refractivity contribution < 1.29 is 12.8 Å². The van der Waals surface area contributed by atoms with Crippen molar-refractivity contribution in [2.24, 2.45) is 0 Å². The van der Waals surface area contributed by atoms with Gasteiger partial charge in [0.25, 0.3) is 0 Å². The summed E-state index contributed by atoms with van der Waals surface area (Å²) in [5.41, 5.74) is 0. The minimum absolute atomic E-state index is 0.0417. The lowest BCUT2D eigenvalue weighted by Gasteiger charge is -2.08. The van der Waals surface area contributed by atoms with E-state index in [0.717, 1.165) is 17.0 Å². The fraction of sp³-hybridized carbons (Fsp3) is 0.167. The number of hydrogen-bond acceptors (Lipinski definition) is 3. The van der Waals surface area contributed by atoms with Crippen molar-refractivity contribution in [3.63, 3.8) is 0 Å². The van der Waals surface area contributed by atoms with Gasteiger partial charge in [0, 0.05) is 15.9 Å². The highest BCUT2D eigenvalue weighted by atomic mass is 79.9. The number of nitrogens with one attached hydrogen (secondary N) is 1. The Morgan fingerprint density at radius 3 is 2.74 bits per heavy atom. The minimum Gasteiger partial charge on any atom is -0.211 e. The molecule has 0 radical (unpaired) electrons. The van der Waals surface area contributed by atoms with Crippen LogP contribution >= 0.6 is 27.3 Å². The normalized spacial score (nSPS) is 11.7. The molecule has 1 aromatic carbocycles. The van der Waals surface area contributed by atoms with Crippen LogP contribution in [0, 0.1) is 5.82 Å². The summed E-state index contributed by atoms with van der Waals surface area (Å²) in [5, 5.41) is 1.94. The average Bonchev–Trinajstić information content (AvgIpc) is 2.81. The zero-order valence-electron chi connectivity index (χ0n) is 9.77. The predicted octanol–water partition coefficient (Wildman–Crippen LogP) is 3.17. The number of sulfonamides is 1. The van der Waals surface area contributed by atoms with Crippen molar-refractivity contribution in [3.8, 4) is 0 Å². The summed E-state index contributed by atoms with van der Waals surface area (Å²) in [6, 6.07) is 7.37. The average molecular weight is 364 g/mol. The van der Waals surface area contributed by atoms with Crippen molar-refractivity contribution in [2.75, 3.05) is 6.54 Å². The number of rotatable bonds is 5. The van der Waals surface area contributed by atoms with Crippen LogP contribution in [0.2, 0.25) is 0 Å². The van der Waals surface area contributed by atoms with Gasteiger partial charge in [-0.05, 0) is 52.0 Å². The van der Waals surface area contributed by atoms with Crippen LogP contribution in [0.5, 0.6) is 0 Å². The van der Waals surface area contributed by atoms with Gasteiger partial charge >= 0.3 is 0 Å². The van der Waals surface area contributed by atoms with Gasteiger partial charge in [-0.1, -0.05) is 6.07 Å². The molecule has 0 atom stereocenters. The van der Waals surface area contributed by atoms with Crippen LogP contribution in [0.25, 0.3) is 0 Å². The maximum atomic E-state index is 12.9. The predicted molar refractivity (Wildman–Crippen MR) is 77.3 cm³/mol. The lowest BCUT2D eigenvalue weighted by molar-refractivity contribution is 0.580. The summed E-state index contributed by atoms with van der Waals surface area (Å²) < 4.78 is 39.7. The number of halogens is 2. The van der Waals surface area contributed by atoms with Gasteiger partial charge < -0.3 is 0 Å². The van der Waals surface area contributed by atoms with E-state index in [1.807, 2.05) is 17.5 Å². The van der Waals surface area contributed by atoms with E-state index in [0.29, 0.717) is 13.0 Å². The summed E-state index contributed by atoms with van der Waals surface area (Å²) in [5.74, 6) is -0.482. The van der Waals surface area contributed by atoms with Gasteiger partial charge in [0.2, 0.25) is 10.0 Å². The van der Waals surface area contributed by atoms with Gasteiger partial charge in [0.05, 0.1) is 4.90 Å². The first-order chi connectivity index (χ1) is 8.99. The van der Waals surface area contributed by atoms with Gasteiger partial charge in [-0.2, -0.15) is 0 Å². The molecule has 3 nitrogen and oxygen atoms in total. The van der Waals surface area contributed by atoms with Crippen molar-refractivity contribution in [2.45, 2.75) is 11.3 Å². The molecule has 0 aliphatic rings. The number of benzene rings is 1. The zero-order chi connectivity index (χ0) is 13.9. The second-order valence-corrected chi connectivity index (χ2v) is 7.42. The highest BCUT2D eigenvalue weighted by Gasteiger charge is 2.17. The Kier molecular flexibility index (Phi) is 4.72. The van der Waals surface area contributed by atoms with E-state index in [-0.39, 0.29) is 9.37 Å². The molecule has 0 fully saturated rings. The van der Waals surface area contributed by atoms with Crippen molar-refractivity contribution >= 4 is 37.3 Å². The zero-order valence-corrected chi connectivity index (χ0v) is 13.0. The van der Waals surface area contributed by atoms with Crippen molar-refractivity contribution in [1.82, 2.24) is 4.72 Å². The van der Waals surface area contributed by atoms with Gasteiger partial charge in [-0.3, -0.25) is 0 Å². The smallest absolute Gasteiger partial charge is 0.211 e. The summed E-state index contributed by atoms with van der Waals surface area (Å²) in [7, 11) is -3.62. The lowest BCUT2D eigenvalue weighted by atomic mass is 10.3. The topological polar surface area (TPSA) is 46.2 Å². The Morgan fingerprint density at radius 2 is 2.11 bits per heavy atom. The Balaban J connectivity index is 2.05. The quantitative estimate of drug-likeness (QED) is 0.886. The van der Waals surface area contributed by atoms with Crippen LogP contribution in [0.1, 0.15) is 4.88 Å². The SMILES string of the molecule is O=S(=O)(NCCc1cccs1)c1ccc(F)cc1Br. The molecule has 1 aromatic heterocycles. The molecule has 7 heteroatoms. The van der Waals surface area contributed by atoms with Crippen LogP contribution in [0.4, 0.5) is 4.39 Å².